The van der Waals surface area contributed by atoms with E-state index in [1.807, 2.05) is 42.2 Å². The maximum Gasteiger partial charge on any atom is 0.311 e. The Hall–Kier alpha value is -2.58. The molecule has 1 saturated carbocycles. The number of aliphatic hydroxyl groups is 1. The van der Waals surface area contributed by atoms with Crippen LogP contribution in [0.1, 0.15) is 57.4 Å². The number of carbonyl (C=O) groups is 3. The molecule has 1 N–H and O–H groups in total. The minimum absolute atomic E-state index is 0.0778. The van der Waals surface area contributed by atoms with Crippen molar-refractivity contribution >= 4 is 29.5 Å². The van der Waals surface area contributed by atoms with Gasteiger partial charge in [0.2, 0.25) is 11.8 Å². The molecule has 2 unspecified atom stereocenters. The number of likely N-dealkylation sites (tertiary alicyclic amines) is 1. The number of rotatable bonds is 11. The second kappa shape index (κ2) is 11.7. The number of amides is 2. The molecule has 3 saturated heterocycles. The van der Waals surface area contributed by atoms with E-state index in [4.69, 9.17) is 4.74 Å². The fourth-order valence-corrected chi connectivity index (χ4v) is 10.2. The van der Waals surface area contributed by atoms with Crippen molar-refractivity contribution < 1.29 is 24.2 Å². The first kappa shape index (κ1) is 28.9. The lowest BCUT2D eigenvalue weighted by Crippen LogP contribution is -2.59. The van der Waals surface area contributed by atoms with Crippen LogP contribution in [0.4, 0.5) is 0 Å². The van der Waals surface area contributed by atoms with Gasteiger partial charge < -0.3 is 19.6 Å². The first-order valence-corrected chi connectivity index (χ1v) is 15.5. The summed E-state index contributed by atoms with van der Waals surface area (Å²) in [5, 5.41) is 10.7. The summed E-state index contributed by atoms with van der Waals surface area (Å²) in [7, 11) is 0. The van der Waals surface area contributed by atoms with Gasteiger partial charge in [-0.3, -0.25) is 14.4 Å². The number of thioether (sulfide) groups is 1. The van der Waals surface area contributed by atoms with E-state index in [2.05, 4.69) is 13.2 Å². The van der Waals surface area contributed by atoms with E-state index >= 15 is 0 Å². The van der Waals surface area contributed by atoms with E-state index in [1.165, 1.54) is 12.5 Å². The highest BCUT2D eigenvalue weighted by Crippen LogP contribution is 2.72. The summed E-state index contributed by atoms with van der Waals surface area (Å²) >= 11 is 1.64. The van der Waals surface area contributed by atoms with Gasteiger partial charge in [-0.2, -0.15) is 0 Å². The minimum Gasteiger partial charge on any atom is -0.461 e. The van der Waals surface area contributed by atoms with E-state index < -0.39 is 39.4 Å². The molecule has 8 heteroatoms. The molecule has 7 nitrogen and oxygen atoms in total. The number of fused-ring (bicyclic) bond motifs is 1. The molecule has 1 aromatic carbocycles. The van der Waals surface area contributed by atoms with E-state index in [0.717, 1.165) is 37.7 Å². The lowest BCUT2D eigenvalue weighted by Gasteiger charge is -2.42. The highest BCUT2D eigenvalue weighted by Gasteiger charge is 2.78. The second-order valence-electron chi connectivity index (χ2n) is 12.0. The number of benzene rings is 1. The SMILES string of the molecule is C=CCOC(=O)[C@@H]1[C@H]2C(=O)N([C@@H](CO)Cc3ccccc3)C(C(=O)N(CC=C)C3CCCCC3)C23CC[C@@]1(C)S3. The fourth-order valence-electron chi connectivity index (χ4n) is 7.87. The molecule has 0 aromatic heterocycles. The van der Waals surface area contributed by atoms with Crippen molar-refractivity contribution in [1.29, 1.82) is 0 Å². The third-order valence-electron chi connectivity index (χ3n) is 9.59. The maximum atomic E-state index is 14.8. The van der Waals surface area contributed by atoms with E-state index in [0.29, 0.717) is 19.4 Å². The lowest BCUT2D eigenvalue weighted by atomic mass is 9.66. The Labute approximate surface area is 242 Å². The van der Waals surface area contributed by atoms with Crippen LogP contribution in [-0.2, 0) is 25.5 Å². The third-order valence-corrected chi connectivity index (χ3v) is 11.6. The Kier molecular flexibility index (Phi) is 8.48. The monoisotopic (exact) mass is 566 g/mol. The first-order chi connectivity index (χ1) is 19.3. The van der Waals surface area contributed by atoms with Crippen molar-refractivity contribution in [3.05, 3.63) is 61.2 Å². The molecule has 4 aliphatic rings. The van der Waals surface area contributed by atoms with Crippen LogP contribution in [0.3, 0.4) is 0 Å². The van der Waals surface area contributed by atoms with Crippen LogP contribution in [0.2, 0.25) is 0 Å². The number of carbonyl (C=O) groups excluding carboxylic acids is 3. The van der Waals surface area contributed by atoms with Crippen molar-refractivity contribution in [1.82, 2.24) is 9.80 Å². The summed E-state index contributed by atoms with van der Waals surface area (Å²) in [5.41, 5.74) is 0.983. The molecule has 2 bridgehead atoms. The Bertz CT molecular complexity index is 1140. The minimum atomic E-state index is -0.767. The number of esters is 1. The van der Waals surface area contributed by atoms with Crippen LogP contribution in [0, 0.1) is 11.8 Å². The fraction of sp³-hybridized carbons (Fsp3) is 0.594. The van der Waals surface area contributed by atoms with Gasteiger partial charge in [-0.15, -0.1) is 18.3 Å². The predicted octanol–water partition coefficient (Wildman–Crippen LogP) is 4.15. The molecule has 40 heavy (non-hydrogen) atoms. The van der Waals surface area contributed by atoms with E-state index in [9.17, 15) is 19.5 Å². The molecule has 3 heterocycles. The van der Waals surface area contributed by atoms with Crippen molar-refractivity contribution in [3.63, 3.8) is 0 Å². The Morgan fingerprint density at radius 1 is 1.18 bits per heavy atom. The molecule has 216 valence electrons. The van der Waals surface area contributed by atoms with Gasteiger partial charge in [-0.25, -0.2) is 0 Å². The van der Waals surface area contributed by atoms with Crippen LogP contribution in [-0.4, -0.2) is 80.1 Å². The number of hydrogen-bond acceptors (Lipinski definition) is 6. The van der Waals surface area contributed by atoms with Crippen molar-refractivity contribution in [2.75, 3.05) is 19.8 Å². The summed E-state index contributed by atoms with van der Waals surface area (Å²) in [6.07, 6.45) is 10.3. The summed E-state index contributed by atoms with van der Waals surface area (Å²) < 4.78 is 4.30. The Balaban J connectivity index is 1.58. The van der Waals surface area contributed by atoms with E-state index in [1.54, 1.807) is 22.7 Å². The first-order valence-electron chi connectivity index (χ1n) is 14.7. The van der Waals surface area contributed by atoms with Gasteiger partial charge in [-0.1, -0.05) is 68.3 Å². The van der Waals surface area contributed by atoms with Crippen LogP contribution in [0.5, 0.6) is 0 Å². The highest BCUT2D eigenvalue weighted by atomic mass is 32.2. The van der Waals surface area contributed by atoms with Gasteiger partial charge in [0.15, 0.2) is 0 Å². The third kappa shape index (κ3) is 4.81. The summed E-state index contributed by atoms with van der Waals surface area (Å²) in [4.78, 5) is 46.4. The van der Waals surface area contributed by atoms with Crippen molar-refractivity contribution in [2.45, 2.75) is 85.9 Å². The molecule has 1 aliphatic carbocycles. The standard InChI is InChI=1S/C32H42N2O5S/c1-4-18-33(23-14-10-7-11-15-23)29(37)27-32-17-16-31(3,40-32)26(30(38)39-19-5-2)25(32)28(36)34(27)24(21-35)20-22-12-8-6-9-13-22/h4-6,8-9,12-13,23-27,35H,1-2,7,10-11,14-21H2,3H3/t24-,25+,26+,27?,31-,32?/m1/s1. The molecule has 2 amide bonds. The highest BCUT2D eigenvalue weighted by molar-refractivity contribution is 8.02. The van der Waals surface area contributed by atoms with Gasteiger partial charge >= 0.3 is 5.97 Å². The molecule has 3 aliphatic heterocycles. The average Bonchev–Trinajstić information content (AvgIpc) is 3.54. The maximum absolute atomic E-state index is 14.8. The zero-order valence-corrected chi connectivity index (χ0v) is 24.3. The Morgan fingerprint density at radius 3 is 2.55 bits per heavy atom. The van der Waals surface area contributed by atoms with Gasteiger partial charge in [0.25, 0.3) is 0 Å². The normalized spacial score (nSPS) is 32.0. The van der Waals surface area contributed by atoms with Gasteiger partial charge in [0.05, 0.1) is 29.2 Å². The number of hydrogen-bond donors (Lipinski definition) is 1. The molecular formula is C32H42N2O5S. The molecule has 5 rings (SSSR count). The van der Waals surface area contributed by atoms with Crippen LogP contribution in [0.15, 0.2) is 55.6 Å². The van der Waals surface area contributed by atoms with Gasteiger partial charge in [0, 0.05) is 17.3 Å². The Morgan fingerprint density at radius 2 is 1.90 bits per heavy atom. The quantitative estimate of drug-likeness (QED) is 0.320. The van der Waals surface area contributed by atoms with Crippen LogP contribution in [0.25, 0.3) is 0 Å². The van der Waals surface area contributed by atoms with Gasteiger partial charge in [0.1, 0.15) is 12.6 Å². The molecule has 1 aromatic rings. The molecule has 0 radical (unpaired) electrons. The molecular weight excluding hydrogens is 524 g/mol. The molecule has 1 spiro atoms. The summed E-state index contributed by atoms with van der Waals surface area (Å²) in [6, 6.07) is 8.50. The zero-order chi connectivity index (χ0) is 28.5. The lowest BCUT2D eigenvalue weighted by molar-refractivity contribution is -0.155. The average molecular weight is 567 g/mol. The number of aliphatic hydroxyl groups excluding tert-OH is 1. The van der Waals surface area contributed by atoms with Crippen molar-refractivity contribution in [3.8, 4) is 0 Å². The van der Waals surface area contributed by atoms with Crippen LogP contribution >= 0.6 is 11.8 Å². The summed E-state index contributed by atoms with van der Waals surface area (Å²) in [5.74, 6) is -2.03. The number of ether oxygens (including phenoxy) is 1. The topological polar surface area (TPSA) is 87.1 Å². The zero-order valence-electron chi connectivity index (χ0n) is 23.5. The van der Waals surface area contributed by atoms with Gasteiger partial charge in [-0.05, 0) is 44.6 Å². The smallest absolute Gasteiger partial charge is 0.311 e. The largest absolute Gasteiger partial charge is 0.461 e. The van der Waals surface area contributed by atoms with E-state index in [-0.39, 0.29) is 31.1 Å². The molecule has 6 atom stereocenters. The van der Waals surface area contributed by atoms with Crippen LogP contribution < -0.4 is 0 Å². The van der Waals surface area contributed by atoms with Crippen molar-refractivity contribution in [2.24, 2.45) is 11.8 Å². The molecule has 4 fully saturated rings. The second-order valence-corrected chi connectivity index (χ2v) is 13.9. The predicted molar refractivity (Wildman–Crippen MR) is 157 cm³/mol. The summed E-state index contributed by atoms with van der Waals surface area (Å²) in [6.45, 7) is 9.87. The number of nitrogens with zero attached hydrogens (tertiary/aromatic N) is 2.